The van der Waals surface area contributed by atoms with E-state index < -0.39 is 0 Å². The van der Waals surface area contributed by atoms with Gasteiger partial charge in [-0.05, 0) is 39.0 Å². The summed E-state index contributed by atoms with van der Waals surface area (Å²) in [5.74, 6) is 0.111. The summed E-state index contributed by atoms with van der Waals surface area (Å²) < 4.78 is 0. The van der Waals surface area contributed by atoms with Gasteiger partial charge in [0.15, 0.2) is 5.84 Å². The highest BCUT2D eigenvalue weighted by molar-refractivity contribution is 6.31. The normalized spacial score (nSPS) is 18.1. The van der Waals surface area contributed by atoms with E-state index in [1.807, 2.05) is 6.07 Å². The molecule has 5 nitrogen and oxygen atoms in total. The summed E-state index contributed by atoms with van der Waals surface area (Å²) in [6.45, 7) is 10.4. The van der Waals surface area contributed by atoms with Crippen LogP contribution in [-0.2, 0) is 0 Å². The van der Waals surface area contributed by atoms with Crippen LogP contribution in [0.15, 0.2) is 23.4 Å². The van der Waals surface area contributed by atoms with E-state index in [1.54, 1.807) is 12.1 Å². The Morgan fingerprint density at radius 1 is 1.24 bits per heavy atom. The van der Waals surface area contributed by atoms with Gasteiger partial charge in [0.05, 0.1) is 0 Å². The first-order chi connectivity index (χ1) is 9.82. The summed E-state index contributed by atoms with van der Waals surface area (Å²) in [5.41, 5.74) is 7.58. The Labute approximate surface area is 131 Å². The van der Waals surface area contributed by atoms with Crippen molar-refractivity contribution in [3.63, 3.8) is 0 Å². The highest BCUT2D eigenvalue weighted by Gasteiger charge is 2.27. The molecule has 1 heterocycles. The maximum absolute atomic E-state index is 8.93. The minimum atomic E-state index is 0.111. The van der Waals surface area contributed by atoms with Crippen LogP contribution in [0.3, 0.4) is 0 Å². The zero-order chi connectivity index (χ0) is 15.6. The molecule has 0 bridgehead atoms. The van der Waals surface area contributed by atoms with Crippen LogP contribution in [0.25, 0.3) is 0 Å². The standard InChI is InChI=1S/C15H23ClN4O/c1-15(2,3)20-8-6-19(7-9-20)13-10-11(16)4-5-12(13)14(17)18-21/h4-5,10,21H,6-9H2,1-3H3,(H2,17,18). The second-order valence-corrected chi connectivity index (χ2v) is 6.73. The monoisotopic (exact) mass is 310 g/mol. The fraction of sp³-hybridized carbons (Fsp3) is 0.533. The maximum Gasteiger partial charge on any atom is 0.172 e. The van der Waals surface area contributed by atoms with Crippen LogP contribution in [0.5, 0.6) is 0 Å². The molecule has 0 amide bonds. The highest BCUT2D eigenvalue weighted by atomic mass is 35.5. The van der Waals surface area contributed by atoms with Crippen molar-refractivity contribution in [3.8, 4) is 0 Å². The molecule has 1 aromatic carbocycles. The van der Waals surface area contributed by atoms with Crippen molar-refractivity contribution in [2.75, 3.05) is 31.1 Å². The highest BCUT2D eigenvalue weighted by Crippen LogP contribution is 2.27. The number of hydrogen-bond donors (Lipinski definition) is 2. The van der Waals surface area contributed by atoms with Crippen molar-refractivity contribution in [3.05, 3.63) is 28.8 Å². The van der Waals surface area contributed by atoms with Crippen LogP contribution in [-0.4, -0.2) is 47.7 Å². The first kappa shape index (κ1) is 15.9. The molecule has 21 heavy (non-hydrogen) atoms. The van der Waals surface area contributed by atoms with Crippen molar-refractivity contribution >= 4 is 23.1 Å². The third-order valence-electron chi connectivity index (χ3n) is 3.91. The SMILES string of the molecule is CC(C)(C)N1CCN(c2cc(Cl)ccc2C(N)=NO)CC1. The van der Waals surface area contributed by atoms with Crippen LogP contribution in [0, 0.1) is 0 Å². The number of hydrogen-bond acceptors (Lipinski definition) is 4. The average Bonchev–Trinajstić information content (AvgIpc) is 2.45. The lowest BCUT2D eigenvalue weighted by molar-refractivity contribution is 0.128. The molecule has 0 radical (unpaired) electrons. The first-order valence-electron chi connectivity index (χ1n) is 7.10. The molecule has 3 N–H and O–H groups in total. The smallest absolute Gasteiger partial charge is 0.172 e. The molecule has 1 aromatic rings. The van der Waals surface area contributed by atoms with E-state index in [9.17, 15) is 0 Å². The summed E-state index contributed by atoms with van der Waals surface area (Å²) in [6.07, 6.45) is 0. The minimum Gasteiger partial charge on any atom is -0.409 e. The summed E-state index contributed by atoms with van der Waals surface area (Å²) in [5, 5.41) is 12.7. The van der Waals surface area contributed by atoms with E-state index in [2.05, 4.69) is 35.7 Å². The Kier molecular flexibility index (Phi) is 4.64. The topological polar surface area (TPSA) is 65.1 Å². The van der Waals surface area contributed by atoms with Crippen molar-refractivity contribution in [1.29, 1.82) is 0 Å². The van der Waals surface area contributed by atoms with Crippen LogP contribution < -0.4 is 10.6 Å². The summed E-state index contributed by atoms with van der Waals surface area (Å²) in [4.78, 5) is 4.69. The number of oxime groups is 1. The lowest BCUT2D eigenvalue weighted by atomic mass is 10.0. The predicted molar refractivity (Wildman–Crippen MR) is 87.5 cm³/mol. The van der Waals surface area contributed by atoms with Gasteiger partial charge in [0.2, 0.25) is 0 Å². The molecule has 0 atom stereocenters. The summed E-state index contributed by atoms with van der Waals surface area (Å²) in [6, 6.07) is 5.42. The van der Waals surface area contributed by atoms with Gasteiger partial charge in [0, 0.05) is 48.0 Å². The molecule has 0 spiro atoms. The Balaban J connectivity index is 2.22. The van der Waals surface area contributed by atoms with Gasteiger partial charge < -0.3 is 15.8 Å². The fourth-order valence-electron chi connectivity index (χ4n) is 2.66. The molecule has 116 valence electrons. The minimum absolute atomic E-state index is 0.111. The number of nitrogens with zero attached hydrogens (tertiary/aromatic N) is 3. The van der Waals surface area contributed by atoms with Gasteiger partial charge in [-0.1, -0.05) is 16.8 Å². The van der Waals surface area contributed by atoms with Gasteiger partial charge >= 0.3 is 0 Å². The average molecular weight is 311 g/mol. The van der Waals surface area contributed by atoms with Gasteiger partial charge in [-0.3, -0.25) is 4.90 Å². The molecule has 2 rings (SSSR count). The lowest BCUT2D eigenvalue weighted by Crippen LogP contribution is -2.53. The molecule has 6 heteroatoms. The molecule has 1 aliphatic heterocycles. The fourth-order valence-corrected chi connectivity index (χ4v) is 2.82. The number of amidine groups is 1. The van der Waals surface area contributed by atoms with E-state index in [1.165, 1.54) is 0 Å². The zero-order valence-electron chi connectivity index (χ0n) is 12.8. The van der Waals surface area contributed by atoms with Gasteiger partial charge in [0.1, 0.15) is 0 Å². The third-order valence-corrected chi connectivity index (χ3v) is 4.15. The molecule has 1 saturated heterocycles. The summed E-state index contributed by atoms with van der Waals surface area (Å²) in [7, 11) is 0. The zero-order valence-corrected chi connectivity index (χ0v) is 13.6. The summed E-state index contributed by atoms with van der Waals surface area (Å²) >= 11 is 6.10. The van der Waals surface area contributed by atoms with Crippen molar-refractivity contribution in [2.24, 2.45) is 10.9 Å². The van der Waals surface area contributed by atoms with E-state index >= 15 is 0 Å². The second kappa shape index (κ2) is 6.12. The first-order valence-corrected chi connectivity index (χ1v) is 7.48. The van der Waals surface area contributed by atoms with Crippen molar-refractivity contribution in [2.45, 2.75) is 26.3 Å². The third kappa shape index (κ3) is 3.60. The van der Waals surface area contributed by atoms with Crippen LogP contribution in [0.1, 0.15) is 26.3 Å². The molecule has 0 aliphatic carbocycles. The van der Waals surface area contributed by atoms with Crippen LogP contribution >= 0.6 is 11.6 Å². The molecule has 0 unspecified atom stereocenters. The number of anilines is 1. The van der Waals surface area contributed by atoms with E-state index in [4.69, 9.17) is 22.5 Å². The molecule has 1 fully saturated rings. The Morgan fingerprint density at radius 3 is 2.38 bits per heavy atom. The van der Waals surface area contributed by atoms with Gasteiger partial charge in [-0.25, -0.2) is 0 Å². The molecule has 0 aromatic heterocycles. The van der Waals surface area contributed by atoms with E-state index in [0.717, 1.165) is 31.9 Å². The van der Waals surface area contributed by atoms with E-state index in [0.29, 0.717) is 10.6 Å². The van der Waals surface area contributed by atoms with Crippen molar-refractivity contribution < 1.29 is 5.21 Å². The molecular weight excluding hydrogens is 288 g/mol. The van der Waals surface area contributed by atoms with Gasteiger partial charge in [0.25, 0.3) is 0 Å². The lowest BCUT2D eigenvalue weighted by Gasteiger charge is -2.43. The Morgan fingerprint density at radius 2 is 1.86 bits per heavy atom. The maximum atomic E-state index is 8.93. The van der Waals surface area contributed by atoms with Gasteiger partial charge in [-0.15, -0.1) is 0 Å². The number of nitrogens with two attached hydrogens (primary N) is 1. The number of rotatable bonds is 2. The van der Waals surface area contributed by atoms with Gasteiger partial charge in [-0.2, -0.15) is 0 Å². The number of piperazine rings is 1. The quantitative estimate of drug-likeness (QED) is 0.381. The van der Waals surface area contributed by atoms with E-state index in [-0.39, 0.29) is 11.4 Å². The Bertz CT molecular complexity index is 531. The largest absolute Gasteiger partial charge is 0.409 e. The molecule has 0 saturated carbocycles. The molecular formula is C15H23ClN4O. The predicted octanol–water partition coefficient (Wildman–Crippen LogP) is 2.36. The molecule has 1 aliphatic rings. The van der Waals surface area contributed by atoms with Crippen LogP contribution in [0.4, 0.5) is 5.69 Å². The second-order valence-electron chi connectivity index (χ2n) is 6.29. The number of benzene rings is 1. The van der Waals surface area contributed by atoms with Crippen LogP contribution in [0.2, 0.25) is 5.02 Å². The Hall–Kier alpha value is -1.46. The van der Waals surface area contributed by atoms with Crippen molar-refractivity contribution in [1.82, 2.24) is 4.90 Å². The number of halogens is 1.